The number of nitrogens with two attached hydrogens (primary N) is 1. The van der Waals surface area contributed by atoms with Crippen LogP contribution in [0.4, 0.5) is 5.69 Å². The molecule has 2 aliphatic rings. The van der Waals surface area contributed by atoms with Crippen LogP contribution in [0.5, 0.6) is 0 Å². The minimum Gasteiger partial charge on any atom is -0.370 e. The maximum absolute atomic E-state index is 8.95. The molecule has 0 aliphatic heterocycles. The van der Waals surface area contributed by atoms with E-state index in [1.54, 1.807) is 0 Å². The number of nitrogens with zero attached hydrogens (tertiary/aromatic N) is 2. The van der Waals surface area contributed by atoms with Gasteiger partial charge in [-0.15, -0.1) is 24.0 Å². The topological polar surface area (TPSA) is 74.2 Å². The molecule has 0 atom stereocenters. The Bertz CT molecular complexity index is 612. The Balaban J connectivity index is 0.00000208. The van der Waals surface area contributed by atoms with E-state index in [1.807, 2.05) is 0 Å². The van der Waals surface area contributed by atoms with Crippen LogP contribution in [-0.2, 0) is 12.8 Å². The third-order valence-electron chi connectivity index (χ3n) is 5.21. The second-order valence-corrected chi connectivity index (χ2v) is 6.85. The first-order valence-electron chi connectivity index (χ1n) is 8.83. The molecule has 0 bridgehead atoms. The van der Waals surface area contributed by atoms with Gasteiger partial charge in [-0.2, -0.15) is 5.26 Å². The van der Waals surface area contributed by atoms with E-state index in [1.165, 1.54) is 30.4 Å². The van der Waals surface area contributed by atoms with Crippen molar-refractivity contribution in [2.24, 2.45) is 22.6 Å². The first-order chi connectivity index (χ1) is 11.3. The Hall–Kier alpha value is -1.29. The first kappa shape index (κ1) is 19.0. The lowest BCUT2D eigenvalue weighted by Gasteiger charge is -2.23. The lowest BCUT2D eigenvalue weighted by Crippen LogP contribution is -2.26. The summed E-state index contributed by atoms with van der Waals surface area (Å²) >= 11 is 0. The van der Waals surface area contributed by atoms with Crippen LogP contribution in [-0.4, -0.2) is 12.5 Å². The molecule has 0 heterocycles. The fraction of sp³-hybridized carbons (Fsp3) is 0.579. The van der Waals surface area contributed by atoms with Crippen LogP contribution in [0.15, 0.2) is 23.2 Å². The molecule has 0 amide bonds. The predicted molar refractivity (Wildman–Crippen MR) is 110 cm³/mol. The fourth-order valence-corrected chi connectivity index (χ4v) is 3.78. The summed E-state index contributed by atoms with van der Waals surface area (Å²) < 4.78 is 0. The molecule has 1 aromatic rings. The van der Waals surface area contributed by atoms with Crippen molar-refractivity contribution < 1.29 is 0 Å². The van der Waals surface area contributed by atoms with E-state index in [2.05, 4.69) is 34.6 Å². The SMILES string of the molecule is I.N#CC1CCC(CN=C(N)Nc2cccc3c2CCCC3)CC1. The third kappa shape index (κ3) is 4.85. The zero-order valence-electron chi connectivity index (χ0n) is 14.1. The summed E-state index contributed by atoms with van der Waals surface area (Å²) in [5.41, 5.74) is 10.1. The molecular formula is C19H27IN4. The molecule has 3 rings (SSSR count). The molecule has 130 valence electrons. The minimum atomic E-state index is 0. The van der Waals surface area contributed by atoms with Gasteiger partial charge in [0.1, 0.15) is 0 Å². The number of nitriles is 1. The molecular weight excluding hydrogens is 411 g/mol. The largest absolute Gasteiger partial charge is 0.370 e. The number of hydrogen-bond acceptors (Lipinski definition) is 2. The van der Waals surface area contributed by atoms with Crippen molar-refractivity contribution in [3.63, 3.8) is 0 Å². The highest BCUT2D eigenvalue weighted by Gasteiger charge is 2.20. The maximum atomic E-state index is 8.95. The normalized spacial score (nSPS) is 23.5. The maximum Gasteiger partial charge on any atom is 0.193 e. The summed E-state index contributed by atoms with van der Waals surface area (Å²) in [6.07, 6.45) is 9.04. The number of benzene rings is 1. The van der Waals surface area contributed by atoms with Crippen molar-refractivity contribution >= 4 is 35.6 Å². The molecule has 5 heteroatoms. The van der Waals surface area contributed by atoms with Crippen molar-refractivity contribution in [1.82, 2.24) is 0 Å². The average molecular weight is 438 g/mol. The van der Waals surface area contributed by atoms with E-state index in [-0.39, 0.29) is 29.9 Å². The first-order valence-corrected chi connectivity index (χ1v) is 8.83. The quantitative estimate of drug-likeness (QED) is 0.421. The van der Waals surface area contributed by atoms with Gasteiger partial charge < -0.3 is 11.1 Å². The van der Waals surface area contributed by atoms with E-state index >= 15 is 0 Å². The van der Waals surface area contributed by atoms with Gasteiger partial charge in [-0.05, 0) is 74.5 Å². The minimum absolute atomic E-state index is 0. The Morgan fingerprint density at radius 3 is 2.71 bits per heavy atom. The van der Waals surface area contributed by atoms with Gasteiger partial charge in [-0.1, -0.05) is 12.1 Å². The average Bonchev–Trinajstić information content (AvgIpc) is 2.61. The smallest absolute Gasteiger partial charge is 0.193 e. The van der Waals surface area contributed by atoms with Crippen LogP contribution in [0.2, 0.25) is 0 Å². The lowest BCUT2D eigenvalue weighted by molar-refractivity contribution is 0.322. The van der Waals surface area contributed by atoms with Crippen LogP contribution in [0, 0.1) is 23.2 Å². The van der Waals surface area contributed by atoms with Crippen molar-refractivity contribution in [2.45, 2.75) is 51.4 Å². The molecule has 3 N–H and O–H groups in total. The number of guanidine groups is 1. The van der Waals surface area contributed by atoms with Gasteiger partial charge in [0.2, 0.25) is 0 Å². The van der Waals surface area contributed by atoms with Gasteiger partial charge in [0, 0.05) is 18.2 Å². The van der Waals surface area contributed by atoms with Crippen LogP contribution < -0.4 is 11.1 Å². The van der Waals surface area contributed by atoms with Gasteiger partial charge in [0.15, 0.2) is 5.96 Å². The van der Waals surface area contributed by atoms with Gasteiger partial charge >= 0.3 is 0 Å². The summed E-state index contributed by atoms with van der Waals surface area (Å²) in [6, 6.07) is 8.80. The Morgan fingerprint density at radius 1 is 1.21 bits per heavy atom. The number of anilines is 1. The van der Waals surface area contributed by atoms with Crippen molar-refractivity contribution in [3.8, 4) is 6.07 Å². The Kier molecular flexibility index (Phi) is 7.35. The molecule has 0 aromatic heterocycles. The Morgan fingerprint density at radius 2 is 1.96 bits per heavy atom. The van der Waals surface area contributed by atoms with E-state index < -0.39 is 0 Å². The van der Waals surface area contributed by atoms with E-state index in [9.17, 15) is 0 Å². The third-order valence-corrected chi connectivity index (χ3v) is 5.21. The van der Waals surface area contributed by atoms with E-state index in [0.717, 1.165) is 44.3 Å². The summed E-state index contributed by atoms with van der Waals surface area (Å²) in [7, 11) is 0. The van der Waals surface area contributed by atoms with Gasteiger partial charge in [-0.3, -0.25) is 4.99 Å². The van der Waals surface area contributed by atoms with Crippen molar-refractivity contribution in [1.29, 1.82) is 5.26 Å². The molecule has 24 heavy (non-hydrogen) atoms. The van der Waals surface area contributed by atoms with Crippen molar-refractivity contribution in [3.05, 3.63) is 29.3 Å². The molecule has 1 fully saturated rings. The van der Waals surface area contributed by atoms with E-state index in [0.29, 0.717) is 11.9 Å². The summed E-state index contributed by atoms with van der Waals surface area (Å²) in [6.45, 7) is 0.770. The molecule has 2 aliphatic carbocycles. The van der Waals surface area contributed by atoms with Crippen LogP contribution >= 0.6 is 24.0 Å². The standard InChI is InChI=1S/C19H26N4.HI/c20-12-14-8-10-15(11-9-14)13-22-19(21)23-18-7-3-5-16-4-1-2-6-17(16)18;/h3,5,7,14-15H,1-2,4,6,8-11,13H2,(H3,21,22,23);1H. The van der Waals surface area contributed by atoms with Gasteiger partial charge in [0.25, 0.3) is 0 Å². The molecule has 0 unspecified atom stereocenters. The second-order valence-electron chi connectivity index (χ2n) is 6.85. The highest BCUT2D eigenvalue weighted by atomic mass is 127. The van der Waals surface area contributed by atoms with Gasteiger partial charge in [0.05, 0.1) is 6.07 Å². The van der Waals surface area contributed by atoms with Crippen LogP contribution in [0.1, 0.15) is 49.7 Å². The van der Waals surface area contributed by atoms with E-state index in [4.69, 9.17) is 11.0 Å². The highest BCUT2D eigenvalue weighted by molar-refractivity contribution is 14.0. The lowest BCUT2D eigenvalue weighted by atomic mass is 9.83. The summed E-state index contributed by atoms with van der Waals surface area (Å²) in [5.74, 6) is 1.34. The number of aryl methyl sites for hydroxylation is 1. The zero-order valence-corrected chi connectivity index (χ0v) is 16.5. The Labute approximate surface area is 161 Å². The van der Waals surface area contributed by atoms with Crippen molar-refractivity contribution in [2.75, 3.05) is 11.9 Å². The molecule has 1 aromatic carbocycles. The number of fused-ring (bicyclic) bond motifs is 1. The summed E-state index contributed by atoms with van der Waals surface area (Å²) in [5, 5.41) is 12.3. The molecule has 0 spiro atoms. The fourth-order valence-electron chi connectivity index (χ4n) is 3.78. The van der Waals surface area contributed by atoms with Crippen LogP contribution in [0.25, 0.3) is 0 Å². The highest BCUT2D eigenvalue weighted by Crippen LogP contribution is 2.29. The summed E-state index contributed by atoms with van der Waals surface area (Å²) in [4.78, 5) is 4.54. The number of aliphatic imine (C=N–C) groups is 1. The zero-order chi connectivity index (χ0) is 16.1. The van der Waals surface area contributed by atoms with Gasteiger partial charge in [-0.25, -0.2) is 0 Å². The predicted octanol–water partition coefficient (Wildman–Crippen LogP) is 4.24. The number of rotatable bonds is 3. The van der Waals surface area contributed by atoms with Crippen LogP contribution in [0.3, 0.4) is 0 Å². The second kappa shape index (κ2) is 9.26. The number of halogens is 1. The number of hydrogen-bond donors (Lipinski definition) is 2. The number of nitrogens with one attached hydrogen (secondary N) is 1. The monoisotopic (exact) mass is 438 g/mol. The molecule has 4 nitrogen and oxygen atoms in total. The molecule has 1 saturated carbocycles. The molecule has 0 radical (unpaired) electrons. The molecule has 0 saturated heterocycles.